The third kappa shape index (κ3) is 2.50. The van der Waals surface area contributed by atoms with Crippen LogP contribution in [-0.4, -0.2) is 29.2 Å². The Morgan fingerprint density at radius 2 is 1.94 bits per heavy atom. The van der Waals surface area contributed by atoms with Crippen LogP contribution < -0.4 is 4.90 Å². The summed E-state index contributed by atoms with van der Waals surface area (Å²) in [5, 5.41) is 0. The van der Waals surface area contributed by atoms with Crippen molar-refractivity contribution in [3.63, 3.8) is 0 Å². The largest absolute Gasteiger partial charge is 0.382 e. The van der Waals surface area contributed by atoms with Crippen molar-refractivity contribution in [1.82, 2.24) is 4.90 Å². The number of thioether (sulfide) groups is 1. The van der Waals surface area contributed by atoms with Gasteiger partial charge in [-0.05, 0) is 12.1 Å². The van der Waals surface area contributed by atoms with Crippen molar-refractivity contribution >= 4 is 39.9 Å². The second-order valence-corrected chi connectivity index (χ2v) is 5.48. The Bertz CT molecular complexity index is 483. The number of amides is 1. The quantitative estimate of drug-likeness (QED) is 0.605. The van der Waals surface area contributed by atoms with Gasteiger partial charge in [-0.15, -0.1) is 0 Å². The van der Waals surface area contributed by atoms with Gasteiger partial charge in [0.05, 0.1) is 10.6 Å². The molecule has 1 heterocycles. The van der Waals surface area contributed by atoms with Crippen molar-refractivity contribution in [2.75, 3.05) is 19.0 Å². The summed E-state index contributed by atoms with van der Waals surface area (Å²) in [4.78, 5) is 16.2. The van der Waals surface area contributed by atoms with Crippen LogP contribution in [-0.2, 0) is 4.79 Å². The standard InChI is InChI=1S/C12H12N2OS2/c1-13(2)8-10-11(15)14(12(16)17-10)9-6-4-3-5-7-9/h3-8H,1-2H3/b10-8-. The van der Waals surface area contributed by atoms with Crippen molar-refractivity contribution < 1.29 is 4.79 Å². The molecule has 0 atom stereocenters. The Balaban J connectivity index is 2.33. The zero-order valence-electron chi connectivity index (χ0n) is 9.58. The predicted molar refractivity (Wildman–Crippen MR) is 75.9 cm³/mol. The lowest BCUT2D eigenvalue weighted by molar-refractivity contribution is -0.113. The van der Waals surface area contributed by atoms with Gasteiger partial charge in [-0.25, -0.2) is 0 Å². The topological polar surface area (TPSA) is 23.6 Å². The number of carbonyl (C=O) groups is 1. The summed E-state index contributed by atoms with van der Waals surface area (Å²) < 4.78 is 0.578. The smallest absolute Gasteiger partial charge is 0.272 e. The van der Waals surface area contributed by atoms with E-state index in [-0.39, 0.29) is 5.91 Å². The van der Waals surface area contributed by atoms with Crippen molar-refractivity contribution in [2.24, 2.45) is 0 Å². The zero-order valence-corrected chi connectivity index (χ0v) is 11.2. The Morgan fingerprint density at radius 3 is 2.53 bits per heavy atom. The first-order valence-corrected chi connectivity index (χ1v) is 6.31. The molecule has 5 heteroatoms. The minimum absolute atomic E-state index is 0.0556. The van der Waals surface area contributed by atoms with Crippen molar-refractivity contribution in [1.29, 1.82) is 0 Å². The molecule has 1 amide bonds. The second-order valence-electron chi connectivity index (χ2n) is 3.80. The van der Waals surface area contributed by atoms with Gasteiger partial charge in [0.25, 0.3) is 5.91 Å². The Morgan fingerprint density at radius 1 is 1.29 bits per heavy atom. The second kappa shape index (κ2) is 4.89. The first-order chi connectivity index (χ1) is 8.09. The molecule has 0 aromatic heterocycles. The van der Waals surface area contributed by atoms with Crippen molar-refractivity contribution in [3.05, 3.63) is 41.4 Å². The summed E-state index contributed by atoms with van der Waals surface area (Å²) in [5.41, 5.74) is 0.817. The fourth-order valence-corrected chi connectivity index (χ4v) is 2.86. The van der Waals surface area contributed by atoms with Gasteiger partial charge in [-0.2, -0.15) is 0 Å². The Hall–Kier alpha value is -1.33. The van der Waals surface area contributed by atoms with Gasteiger partial charge in [0.2, 0.25) is 0 Å². The molecule has 1 aliphatic rings. The molecule has 3 nitrogen and oxygen atoms in total. The molecule has 0 aliphatic carbocycles. The highest BCUT2D eigenvalue weighted by atomic mass is 32.2. The number of para-hydroxylation sites is 1. The number of rotatable bonds is 2. The summed E-state index contributed by atoms with van der Waals surface area (Å²) in [5.74, 6) is -0.0556. The Labute approximate surface area is 110 Å². The van der Waals surface area contributed by atoms with E-state index in [9.17, 15) is 4.79 Å². The third-order valence-corrected chi connectivity index (χ3v) is 3.47. The highest BCUT2D eigenvalue weighted by molar-refractivity contribution is 8.27. The van der Waals surface area contributed by atoms with E-state index in [0.717, 1.165) is 5.69 Å². The van der Waals surface area contributed by atoms with Gasteiger partial charge >= 0.3 is 0 Å². The van der Waals surface area contributed by atoms with Gasteiger partial charge < -0.3 is 4.90 Å². The molecule has 1 saturated heterocycles. The van der Waals surface area contributed by atoms with Crippen LogP contribution in [0.25, 0.3) is 0 Å². The molecule has 1 aromatic rings. The summed E-state index contributed by atoms with van der Waals surface area (Å²) in [6, 6.07) is 9.45. The van der Waals surface area contributed by atoms with E-state index in [1.807, 2.05) is 49.3 Å². The van der Waals surface area contributed by atoms with E-state index in [4.69, 9.17) is 12.2 Å². The molecule has 0 N–H and O–H groups in total. The van der Waals surface area contributed by atoms with Crippen LogP contribution in [0, 0.1) is 0 Å². The maximum absolute atomic E-state index is 12.2. The number of thiocarbonyl (C=S) groups is 1. The molecule has 88 valence electrons. The van der Waals surface area contributed by atoms with Gasteiger partial charge in [0.1, 0.15) is 0 Å². The molecule has 1 aromatic carbocycles. The molecule has 0 saturated carbocycles. The molecule has 1 fully saturated rings. The lowest BCUT2D eigenvalue weighted by Gasteiger charge is -2.14. The van der Waals surface area contributed by atoms with Crippen LogP contribution in [0.5, 0.6) is 0 Å². The zero-order chi connectivity index (χ0) is 12.4. The highest BCUT2D eigenvalue weighted by Crippen LogP contribution is 2.34. The van der Waals surface area contributed by atoms with E-state index >= 15 is 0 Å². The number of hydrogen-bond donors (Lipinski definition) is 0. The Kier molecular flexibility index (Phi) is 3.49. The van der Waals surface area contributed by atoms with Crippen LogP contribution in [0.3, 0.4) is 0 Å². The van der Waals surface area contributed by atoms with Gasteiger partial charge in [0, 0.05) is 20.3 Å². The maximum atomic E-state index is 12.2. The lowest BCUT2D eigenvalue weighted by Crippen LogP contribution is -2.27. The summed E-state index contributed by atoms with van der Waals surface area (Å²) >= 11 is 6.57. The third-order valence-electron chi connectivity index (χ3n) is 2.18. The van der Waals surface area contributed by atoms with Gasteiger partial charge in [-0.3, -0.25) is 9.69 Å². The molecule has 17 heavy (non-hydrogen) atoms. The highest BCUT2D eigenvalue weighted by Gasteiger charge is 2.33. The molecule has 0 unspecified atom stereocenters. The number of nitrogens with zero attached hydrogens (tertiary/aromatic N) is 2. The maximum Gasteiger partial charge on any atom is 0.272 e. The van der Waals surface area contributed by atoms with Crippen LogP contribution in [0.2, 0.25) is 0 Å². The van der Waals surface area contributed by atoms with E-state index in [1.54, 1.807) is 11.1 Å². The lowest BCUT2D eigenvalue weighted by atomic mass is 10.3. The summed E-state index contributed by atoms with van der Waals surface area (Å²) in [6.07, 6.45) is 1.79. The van der Waals surface area contributed by atoms with Crippen LogP contribution in [0.15, 0.2) is 41.4 Å². The molecule has 0 radical (unpaired) electrons. The van der Waals surface area contributed by atoms with E-state index < -0.39 is 0 Å². The van der Waals surface area contributed by atoms with Gasteiger partial charge in [-0.1, -0.05) is 42.2 Å². The van der Waals surface area contributed by atoms with Crippen LogP contribution in [0.4, 0.5) is 5.69 Å². The minimum atomic E-state index is -0.0556. The van der Waals surface area contributed by atoms with Crippen molar-refractivity contribution in [3.8, 4) is 0 Å². The number of benzene rings is 1. The number of hydrogen-bond acceptors (Lipinski definition) is 4. The van der Waals surface area contributed by atoms with E-state index in [0.29, 0.717) is 9.23 Å². The first-order valence-electron chi connectivity index (χ1n) is 5.09. The molecule has 2 rings (SSSR count). The monoisotopic (exact) mass is 264 g/mol. The predicted octanol–water partition coefficient (Wildman–Crippen LogP) is 2.45. The molecular formula is C12H12N2OS2. The molecular weight excluding hydrogens is 252 g/mol. The normalized spacial score (nSPS) is 18.0. The molecule has 0 spiro atoms. The molecule has 1 aliphatic heterocycles. The molecule has 0 bridgehead atoms. The average Bonchev–Trinajstić information content (AvgIpc) is 2.54. The minimum Gasteiger partial charge on any atom is -0.382 e. The SMILES string of the molecule is CN(C)/C=C1\SC(=S)N(c2ccccc2)C1=O. The van der Waals surface area contributed by atoms with E-state index in [2.05, 4.69) is 0 Å². The average molecular weight is 264 g/mol. The first kappa shape index (κ1) is 12.1. The van der Waals surface area contributed by atoms with Crippen LogP contribution >= 0.6 is 24.0 Å². The van der Waals surface area contributed by atoms with Crippen molar-refractivity contribution in [2.45, 2.75) is 0 Å². The van der Waals surface area contributed by atoms with E-state index in [1.165, 1.54) is 11.8 Å². The summed E-state index contributed by atoms with van der Waals surface area (Å²) in [6.45, 7) is 0. The fourth-order valence-electron chi connectivity index (χ4n) is 1.49. The number of carbonyl (C=O) groups excluding carboxylic acids is 1. The van der Waals surface area contributed by atoms with Gasteiger partial charge in [0.15, 0.2) is 4.32 Å². The summed E-state index contributed by atoms with van der Waals surface area (Å²) in [7, 11) is 3.77. The number of anilines is 1. The fraction of sp³-hybridized carbons (Fsp3) is 0.167. The van der Waals surface area contributed by atoms with Crippen LogP contribution in [0.1, 0.15) is 0 Å².